The first kappa shape index (κ1) is 15.5. The number of H-pyrrole nitrogens is 1. The van der Waals surface area contributed by atoms with Gasteiger partial charge in [0.25, 0.3) is 0 Å². The zero-order valence-corrected chi connectivity index (χ0v) is 13.6. The lowest BCUT2D eigenvalue weighted by atomic mass is 10.2. The van der Waals surface area contributed by atoms with Gasteiger partial charge in [-0.1, -0.05) is 23.7 Å². The van der Waals surface area contributed by atoms with E-state index in [1.807, 2.05) is 48.5 Å². The molecular formula is C16H13ClN4OS. The van der Waals surface area contributed by atoms with Crippen molar-refractivity contribution in [2.75, 3.05) is 0 Å². The largest absolute Gasteiger partial charge is 0.489 e. The molecule has 5 nitrogen and oxygen atoms in total. The molecule has 0 amide bonds. The van der Waals surface area contributed by atoms with Gasteiger partial charge in [-0.2, -0.15) is 14.9 Å². The van der Waals surface area contributed by atoms with Gasteiger partial charge in [0.15, 0.2) is 0 Å². The predicted molar refractivity (Wildman–Crippen MR) is 92.6 cm³/mol. The Morgan fingerprint density at radius 2 is 2.09 bits per heavy atom. The summed E-state index contributed by atoms with van der Waals surface area (Å²) in [4.78, 5) is 0. The van der Waals surface area contributed by atoms with Gasteiger partial charge >= 0.3 is 0 Å². The maximum absolute atomic E-state index is 5.95. The van der Waals surface area contributed by atoms with Crippen LogP contribution < -0.4 is 4.74 Å². The number of rotatable bonds is 5. The molecule has 0 saturated carbocycles. The second-order valence-corrected chi connectivity index (χ2v) is 5.56. The Morgan fingerprint density at radius 1 is 1.26 bits per heavy atom. The summed E-state index contributed by atoms with van der Waals surface area (Å²) in [6.07, 6.45) is 3.22. The molecule has 1 heterocycles. The number of ether oxygens (including phenoxy) is 1. The lowest BCUT2D eigenvalue weighted by Gasteiger charge is -2.06. The first-order valence-electron chi connectivity index (χ1n) is 6.84. The summed E-state index contributed by atoms with van der Waals surface area (Å²) in [5, 5.41) is 11.3. The van der Waals surface area contributed by atoms with Crippen molar-refractivity contribution in [2.45, 2.75) is 6.61 Å². The molecule has 23 heavy (non-hydrogen) atoms. The van der Waals surface area contributed by atoms with Crippen LogP contribution in [-0.2, 0) is 6.61 Å². The number of nitrogens with zero attached hydrogens (tertiary/aromatic N) is 3. The van der Waals surface area contributed by atoms with Crippen molar-refractivity contribution in [3.05, 3.63) is 75.8 Å². The molecule has 1 N–H and O–H groups in total. The predicted octanol–water partition coefficient (Wildman–Crippen LogP) is 4.06. The van der Waals surface area contributed by atoms with E-state index in [1.54, 1.807) is 6.21 Å². The maximum Gasteiger partial charge on any atom is 0.216 e. The van der Waals surface area contributed by atoms with Gasteiger partial charge in [0.2, 0.25) is 4.77 Å². The van der Waals surface area contributed by atoms with Crippen molar-refractivity contribution >= 4 is 30.0 Å². The summed E-state index contributed by atoms with van der Waals surface area (Å²) in [7, 11) is 0. The fourth-order valence-electron chi connectivity index (χ4n) is 1.90. The molecule has 0 aliphatic heterocycles. The van der Waals surface area contributed by atoms with Crippen LogP contribution in [0.25, 0.3) is 0 Å². The fourth-order valence-corrected chi connectivity index (χ4v) is 2.26. The van der Waals surface area contributed by atoms with Crippen molar-refractivity contribution < 1.29 is 4.74 Å². The average molecular weight is 345 g/mol. The molecule has 0 atom stereocenters. The Bertz CT molecular complexity index is 870. The molecule has 0 fully saturated rings. The van der Waals surface area contributed by atoms with Crippen molar-refractivity contribution in [3.63, 3.8) is 0 Å². The molecule has 0 bridgehead atoms. The van der Waals surface area contributed by atoms with Crippen LogP contribution >= 0.6 is 23.8 Å². The minimum atomic E-state index is 0.447. The highest BCUT2D eigenvalue weighted by Crippen LogP contribution is 2.15. The standard InChI is InChI=1S/C16H13ClN4OS/c17-14-3-1-2-13(8-14)10-22-15-6-4-12(5-7-15)9-19-21-11-18-20-16(21)23/h1-9,11H,10H2,(H,20,23)/b19-9+. The zero-order valence-electron chi connectivity index (χ0n) is 12.0. The van der Waals surface area contributed by atoms with Gasteiger partial charge in [0.1, 0.15) is 18.7 Å². The number of nitrogens with one attached hydrogen (secondary N) is 1. The minimum absolute atomic E-state index is 0.447. The van der Waals surface area contributed by atoms with E-state index < -0.39 is 0 Å². The number of halogens is 1. The van der Waals surface area contributed by atoms with Gasteiger partial charge in [-0.3, -0.25) is 5.10 Å². The van der Waals surface area contributed by atoms with Crippen LogP contribution in [-0.4, -0.2) is 21.1 Å². The first-order valence-corrected chi connectivity index (χ1v) is 7.63. The van der Waals surface area contributed by atoms with Crippen LogP contribution in [0, 0.1) is 4.77 Å². The number of hydrogen-bond acceptors (Lipinski definition) is 4. The third-order valence-electron chi connectivity index (χ3n) is 3.04. The lowest BCUT2D eigenvalue weighted by Crippen LogP contribution is -1.95. The lowest BCUT2D eigenvalue weighted by molar-refractivity contribution is 0.306. The highest BCUT2D eigenvalue weighted by Gasteiger charge is 1.98. The number of aromatic nitrogens is 3. The van der Waals surface area contributed by atoms with E-state index >= 15 is 0 Å². The molecular weight excluding hydrogens is 332 g/mol. The van der Waals surface area contributed by atoms with Crippen molar-refractivity contribution in [3.8, 4) is 5.75 Å². The third kappa shape index (κ3) is 4.28. The van der Waals surface area contributed by atoms with E-state index in [1.165, 1.54) is 11.0 Å². The van der Waals surface area contributed by atoms with Crippen molar-refractivity contribution in [1.29, 1.82) is 0 Å². The van der Waals surface area contributed by atoms with Crippen molar-refractivity contribution in [2.24, 2.45) is 5.10 Å². The summed E-state index contributed by atoms with van der Waals surface area (Å²) in [6, 6.07) is 15.2. The summed E-state index contributed by atoms with van der Waals surface area (Å²) in [6.45, 7) is 0.470. The molecule has 0 aliphatic rings. The molecule has 3 rings (SSSR count). The highest BCUT2D eigenvalue weighted by molar-refractivity contribution is 7.71. The Labute approximate surface area is 143 Å². The molecule has 0 saturated heterocycles. The molecule has 2 aromatic carbocycles. The van der Waals surface area contributed by atoms with Crippen LogP contribution in [0.1, 0.15) is 11.1 Å². The SMILES string of the molecule is S=c1[nH]ncn1/N=C/c1ccc(OCc2cccc(Cl)c2)cc1. The number of aromatic amines is 1. The van der Waals surface area contributed by atoms with Crippen LogP contribution in [0.2, 0.25) is 5.02 Å². The molecule has 0 aliphatic carbocycles. The topological polar surface area (TPSA) is 55.2 Å². The molecule has 1 aromatic heterocycles. The average Bonchev–Trinajstić information content (AvgIpc) is 2.97. The van der Waals surface area contributed by atoms with Crippen LogP contribution in [0.15, 0.2) is 60.0 Å². The monoisotopic (exact) mass is 344 g/mol. The molecule has 0 radical (unpaired) electrons. The normalized spacial score (nSPS) is 11.0. The van der Waals surface area contributed by atoms with E-state index in [0.29, 0.717) is 16.4 Å². The summed E-state index contributed by atoms with van der Waals surface area (Å²) >= 11 is 11.0. The molecule has 3 aromatic rings. The van der Waals surface area contributed by atoms with Gasteiger partial charge in [-0.15, -0.1) is 0 Å². The van der Waals surface area contributed by atoms with Crippen LogP contribution in [0.5, 0.6) is 5.75 Å². The van der Waals surface area contributed by atoms with Gasteiger partial charge in [-0.25, -0.2) is 0 Å². The molecule has 0 unspecified atom stereocenters. The highest BCUT2D eigenvalue weighted by atomic mass is 35.5. The van der Waals surface area contributed by atoms with E-state index in [-0.39, 0.29) is 0 Å². The minimum Gasteiger partial charge on any atom is -0.489 e. The number of benzene rings is 2. The quantitative estimate of drug-likeness (QED) is 0.561. The molecule has 7 heteroatoms. The summed E-state index contributed by atoms with van der Waals surface area (Å²) in [5.74, 6) is 0.780. The van der Waals surface area contributed by atoms with Crippen LogP contribution in [0.4, 0.5) is 0 Å². The Kier molecular flexibility index (Phi) is 4.85. The van der Waals surface area contributed by atoms with Gasteiger partial charge in [-0.05, 0) is 59.7 Å². The smallest absolute Gasteiger partial charge is 0.216 e. The summed E-state index contributed by atoms with van der Waals surface area (Å²) < 4.78 is 7.66. The number of hydrogen-bond donors (Lipinski definition) is 1. The van der Waals surface area contributed by atoms with Gasteiger partial charge in [0, 0.05) is 5.02 Å². The molecule has 116 valence electrons. The van der Waals surface area contributed by atoms with E-state index in [0.717, 1.165) is 16.9 Å². The van der Waals surface area contributed by atoms with E-state index in [9.17, 15) is 0 Å². The van der Waals surface area contributed by atoms with E-state index in [2.05, 4.69) is 15.3 Å². The Hall–Kier alpha value is -2.44. The second-order valence-electron chi connectivity index (χ2n) is 4.74. The Balaban J connectivity index is 1.62. The Morgan fingerprint density at radius 3 is 2.78 bits per heavy atom. The van der Waals surface area contributed by atoms with Gasteiger partial charge in [0.05, 0.1) is 6.21 Å². The fraction of sp³-hybridized carbons (Fsp3) is 0.0625. The summed E-state index contributed by atoms with van der Waals surface area (Å²) in [5.41, 5.74) is 1.96. The second kappa shape index (κ2) is 7.21. The van der Waals surface area contributed by atoms with Crippen molar-refractivity contribution in [1.82, 2.24) is 14.9 Å². The van der Waals surface area contributed by atoms with E-state index in [4.69, 9.17) is 28.6 Å². The van der Waals surface area contributed by atoms with Gasteiger partial charge < -0.3 is 4.74 Å². The maximum atomic E-state index is 5.95. The zero-order chi connectivity index (χ0) is 16.1. The third-order valence-corrected chi connectivity index (χ3v) is 3.55. The van der Waals surface area contributed by atoms with Crippen LogP contribution in [0.3, 0.4) is 0 Å². The molecule has 0 spiro atoms. The first-order chi connectivity index (χ1) is 11.2.